The van der Waals surface area contributed by atoms with Crippen molar-refractivity contribution in [3.63, 3.8) is 0 Å². The summed E-state index contributed by atoms with van der Waals surface area (Å²) in [6.45, 7) is 2.48. The first kappa shape index (κ1) is 12.4. The van der Waals surface area contributed by atoms with Gasteiger partial charge in [-0.3, -0.25) is 0 Å². The second-order valence-corrected chi connectivity index (χ2v) is 6.36. The Hall–Kier alpha value is -0.650. The smallest absolute Gasteiger partial charge is 0.185 e. The molecule has 0 aromatic carbocycles. The lowest BCUT2D eigenvalue weighted by Crippen LogP contribution is -2.28. The largest absolute Gasteiger partial charge is 0.376 e. The standard InChI is InChI=1S/C13H21N3OS/c1-16(8-10-3-2-6-17-10)13-15-12(9-4-5-9)11(7-14)18-13/h9-10H,2-8,14H2,1H3. The Kier molecular flexibility index (Phi) is 3.54. The van der Waals surface area contributed by atoms with Crippen LogP contribution in [0.1, 0.15) is 42.2 Å². The van der Waals surface area contributed by atoms with Gasteiger partial charge in [0.1, 0.15) is 0 Å². The van der Waals surface area contributed by atoms with Crippen LogP contribution in [0.25, 0.3) is 0 Å². The third-order valence-electron chi connectivity index (χ3n) is 3.69. The molecule has 1 atom stereocenters. The van der Waals surface area contributed by atoms with Gasteiger partial charge in [0, 0.05) is 37.5 Å². The lowest BCUT2D eigenvalue weighted by atomic mass is 10.2. The van der Waals surface area contributed by atoms with Crippen LogP contribution in [0.4, 0.5) is 5.13 Å². The van der Waals surface area contributed by atoms with Crippen molar-refractivity contribution < 1.29 is 4.74 Å². The van der Waals surface area contributed by atoms with Crippen molar-refractivity contribution in [2.45, 2.75) is 44.2 Å². The van der Waals surface area contributed by atoms with E-state index in [1.807, 2.05) is 0 Å². The monoisotopic (exact) mass is 267 g/mol. The molecule has 0 spiro atoms. The SMILES string of the molecule is CN(CC1CCCO1)c1nc(C2CC2)c(CN)s1. The summed E-state index contributed by atoms with van der Waals surface area (Å²) in [7, 11) is 2.11. The number of aromatic nitrogens is 1. The van der Waals surface area contributed by atoms with E-state index in [0.29, 0.717) is 18.6 Å². The van der Waals surface area contributed by atoms with Crippen molar-refractivity contribution in [1.29, 1.82) is 0 Å². The molecule has 0 bridgehead atoms. The molecule has 5 heteroatoms. The van der Waals surface area contributed by atoms with Crippen LogP contribution in [0.5, 0.6) is 0 Å². The molecular weight excluding hydrogens is 246 g/mol. The van der Waals surface area contributed by atoms with Gasteiger partial charge in [-0.1, -0.05) is 0 Å². The van der Waals surface area contributed by atoms with Gasteiger partial charge in [0.2, 0.25) is 0 Å². The minimum absolute atomic E-state index is 0.379. The van der Waals surface area contributed by atoms with Gasteiger partial charge in [0.15, 0.2) is 5.13 Å². The van der Waals surface area contributed by atoms with Crippen LogP contribution in [-0.2, 0) is 11.3 Å². The summed E-state index contributed by atoms with van der Waals surface area (Å²) < 4.78 is 5.68. The first-order valence-corrected chi connectivity index (χ1v) is 7.62. The fourth-order valence-corrected chi connectivity index (χ4v) is 3.50. The van der Waals surface area contributed by atoms with E-state index in [1.165, 1.54) is 36.3 Å². The zero-order valence-electron chi connectivity index (χ0n) is 10.9. The predicted octanol–water partition coefficient (Wildman–Crippen LogP) is 2.09. The van der Waals surface area contributed by atoms with Crippen molar-refractivity contribution in [2.24, 2.45) is 5.73 Å². The van der Waals surface area contributed by atoms with Crippen LogP contribution < -0.4 is 10.6 Å². The van der Waals surface area contributed by atoms with E-state index in [9.17, 15) is 0 Å². The number of hydrogen-bond acceptors (Lipinski definition) is 5. The molecule has 1 aliphatic carbocycles. The quantitative estimate of drug-likeness (QED) is 0.887. The highest BCUT2D eigenvalue weighted by Crippen LogP contribution is 2.44. The summed E-state index contributed by atoms with van der Waals surface area (Å²) in [6, 6.07) is 0. The minimum Gasteiger partial charge on any atom is -0.376 e. The van der Waals surface area contributed by atoms with Crippen LogP contribution in [-0.4, -0.2) is 31.3 Å². The highest BCUT2D eigenvalue weighted by atomic mass is 32.1. The summed E-state index contributed by atoms with van der Waals surface area (Å²) in [5, 5.41) is 1.10. The van der Waals surface area contributed by atoms with Gasteiger partial charge in [-0.15, -0.1) is 11.3 Å². The Morgan fingerprint density at radius 1 is 1.44 bits per heavy atom. The van der Waals surface area contributed by atoms with E-state index in [4.69, 9.17) is 15.5 Å². The lowest BCUT2D eigenvalue weighted by Gasteiger charge is -2.19. The van der Waals surface area contributed by atoms with E-state index in [-0.39, 0.29) is 0 Å². The maximum absolute atomic E-state index is 5.82. The zero-order valence-corrected chi connectivity index (χ0v) is 11.7. The number of anilines is 1. The molecular formula is C13H21N3OS. The van der Waals surface area contributed by atoms with Crippen molar-refractivity contribution in [3.8, 4) is 0 Å². The molecule has 1 aromatic heterocycles. The summed E-state index contributed by atoms with van der Waals surface area (Å²) in [5.41, 5.74) is 7.08. The van der Waals surface area contributed by atoms with E-state index in [0.717, 1.165) is 18.3 Å². The van der Waals surface area contributed by atoms with E-state index in [2.05, 4.69) is 11.9 Å². The van der Waals surface area contributed by atoms with Gasteiger partial charge < -0.3 is 15.4 Å². The van der Waals surface area contributed by atoms with Crippen LogP contribution in [0.15, 0.2) is 0 Å². The van der Waals surface area contributed by atoms with Gasteiger partial charge in [0.25, 0.3) is 0 Å². The molecule has 1 aliphatic heterocycles. The summed E-state index contributed by atoms with van der Waals surface area (Å²) >= 11 is 1.75. The first-order chi connectivity index (χ1) is 8.78. The van der Waals surface area contributed by atoms with E-state index < -0.39 is 0 Å². The van der Waals surface area contributed by atoms with Crippen LogP contribution in [0.3, 0.4) is 0 Å². The van der Waals surface area contributed by atoms with Gasteiger partial charge in [-0.25, -0.2) is 4.98 Å². The average molecular weight is 267 g/mol. The lowest BCUT2D eigenvalue weighted by molar-refractivity contribution is 0.116. The molecule has 1 saturated heterocycles. The summed E-state index contributed by atoms with van der Waals surface area (Å²) in [6.07, 6.45) is 5.31. The summed E-state index contributed by atoms with van der Waals surface area (Å²) in [4.78, 5) is 8.29. The molecule has 0 amide bonds. The Labute approximate surface area is 112 Å². The summed E-state index contributed by atoms with van der Waals surface area (Å²) in [5.74, 6) is 0.685. The number of nitrogens with two attached hydrogens (primary N) is 1. The molecule has 2 N–H and O–H groups in total. The normalized spacial score (nSPS) is 23.6. The molecule has 2 heterocycles. The molecule has 1 aromatic rings. The van der Waals surface area contributed by atoms with Gasteiger partial charge >= 0.3 is 0 Å². The van der Waals surface area contributed by atoms with E-state index in [1.54, 1.807) is 11.3 Å². The Bertz CT molecular complexity index is 410. The molecule has 1 saturated carbocycles. The van der Waals surface area contributed by atoms with Crippen molar-refractivity contribution in [1.82, 2.24) is 4.98 Å². The van der Waals surface area contributed by atoms with Crippen molar-refractivity contribution >= 4 is 16.5 Å². The molecule has 18 heavy (non-hydrogen) atoms. The number of likely N-dealkylation sites (N-methyl/N-ethyl adjacent to an activating group) is 1. The highest BCUT2D eigenvalue weighted by molar-refractivity contribution is 7.15. The van der Waals surface area contributed by atoms with Gasteiger partial charge in [0.05, 0.1) is 11.8 Å². The fourth-order valence-electron chi connectivity index (χ4n) is 2.51. The topological polar surface area (TPSA) is 51.4 Å². The number of thiazole rings is 1. The number of hydrogen-bond donors (Lipinski definition) is 1. The van der Waals surface area contributed by atoms with Crippen LogP contribution in [0, 0.1) is 0 Å². The fraction of sp³-hybridized carbons (Fsp3) is 0.769. The second-order valence-electron chi connectivity index (χ2n) is 5.30. The zero-order chi connectivity index (χ0) is 12.5. The molecule has 2 fully saturated rings. The Morgan fingerprint density at radius 2 is 2.28 bits per heavy atom. The van der Waals surface area contributed by atoms with Crippen molar-refractivity contribution in [3.05, 3.63) is 10.6 Å². The molecule has 1 unspecified atom stereocenters. The average Bonchev–Trinajstić information content (AvgIpc) is 2.92. The predicted molar refractivity (Wildman–Crippen MR) is 74.2 cm³/mol. The number of nitrogens with zero attached hydrogens (tertiary/aromatic N) is 2. The molecule has 0 radical (unpaired) electrons. The second kappa shape index (κ2) is 5.15. The number of rotatable bonds is 5. The first-order valence-electron chi connectivity index (χ1n) is 6.80. The Balaban J connectivity index is 1.70. The van der Waals surface area contributed by atoms with Crippen LogP contribution in [0.2, 0.25) is 0 Å². The third kappa shape index (κ3) is 2.53. The van der Waals surface area contributed by atoms with Crippen molar-refractivity contribution in [2.75, 3.05) is 25.1 Å². The molecule has 3 rings (SSSR count). The maximum Gasteiger partial charge on any atom is 0.185 e. The molecule has 4 nitrogen and oxygen atoms in total. The van der Waals surface area contributed by atoms with Crippen LogP contribution >= 0.6 is 11.3 Å². The van der Waals surface area contributed by atoms with Gasteiger partial charge in [-0.05, 0) is 25.7 Å². The molecule has 2 aliphatic rings. The highest BCUT2D eigenvalue weighted by Gasteiger charge is 2.30. The van der Waals surface area contributed by atoms with Gasteiger partial charge in [-0.2, -0.15) is 0 Å². The Morgan fingerprint density at radius 3 is 2.89 bits per heavy atom. The maximum atomic E-state index is 5.82. The third-order valence-corrected chi connectivity index (χ3v) is 4.90. The number of ether oxygens (including phenoxy) is 1. The minimum atomic E-state index is 0.379. The molecule has 100 valence electrons. The van der Waals surface area contributed by atoms with E-state index >= 15 is 0 Å².